The first-order valence-electron chi connectivity index (χ1n) is 5.85. The maximum atomic E-state index is 11.8. The lowest BCUT2D eigenvalue weighted by Crippen LogP contribution is -2.30. The summed E-state index contributed by atoms with van der Waals surface area (Å²) in [6, 6.07) is 8.25. The van der Waals surface area contributed by atoms with Crippen LogP contribution in [0.1, 0.15) is 24.2 Å². The van der Waals surface area contributed by atoms with E-state index in [-0.39, 0.29) is 22.5 Å². The predicted octanol–water partition coefficient (Wildman–Crippen LogP) is 2.82. The van der Waals surface area contributed by atoms with Crippen LogP contribution in [0.3, 0.4) is 0 Å². The molecule has 0 atom stereocenters. The van der Waals surface area contributed by atoms with Gasteiger partial charge >= 0.3 is 0 Å². The number of hydrogen-bond donors (Lipinski definition) is 2. The number of nitrogens with one attached hydrogen (secondary N) is 2. The van der Waals surface area contributed by atoms with Gasteiger partial charge in [-0.3, -0.25) is 4.79 Å². The van der Waals surface area contributed by atoms with Gasteiger partial charge in [-0.05, 0) is 32.0 Å². The zero-order valence-electron chi connectivity index (χ0n) is 11.1. The second kappa shape index (κ2) is 7.18. The van der Waals surface area contributed by atoms with Gasteiger partial charge in [0.15, 0.2) is 0 Å². The molecule has 0 bridgehead atoms. The highest BCUT2D eigenvalue weighted by Crippen LogP contribution is 2.21. The minimum atomic E-state index is -0.248. The Kier molecular flexibility index (Phi) is 5.58. The molecule has 0 saturated heterocycles. The van der Waals surface area contributed by atoms with Crippen LogP contribution in [-0.2, 0) is 0 Å². The van der Waals surface area contributed by atoms with Crippen molar-refractivity contribution in [2.45, 2.75) is 19.9 Å². The molecule has 6 heteroatoms. The molecule has 102 valence electrons. The van der Waals surface area contributed by atoms with E-state index in [0.717, 1.165) is 0 Å². The number of hydrogen-bond acceptors (Lipinski definition) is 4. The van der Waals surface area contributed by atoms with Crippen LogP contribution in [-0.4, -0.2) is 11.9 Å². The zero-order chi connectivity index (χ0) is 15.1. The molecular weight excluding hydrogens is 276 g/mol. The van der Waals surface area contributed by atoms with Gasteiger partial charge in [0.25, 0.3) is 5.91 Å². The maximum Gasteiger partial charge on any atom is 0.252 e. The summed E-state index contributed by atoms with van der Waals surface area (Å²) in [7, 11) is 0. The minimum absolute atomic E-state index is 0.0214. The van der Waals surface area contributed by atoms with E-state index in [4.69, 9.17) is 22.1 Å². The number of amides is 1. The van der Waals surface area contributed by atoms with Crippen LogP contribution < -0.4 is 10.6 Å². The lowest BCUT2D eigenvalue weighted by Gasteiger charge is -2.10. The Hall–Kier alpha value is -2.50. The lowest BCUT2D eigenvalue weighted by molar-refractivity contribution is 0.0943. The molecule has 20 heavy (non-hydrogen) atoms. The molecule has 0 heterocycles. The molecule has 2 N–H and O–H groups in total. The predicted molar refractivity (Wildman–Crippen MR) is 77.0 cm³/mol. The van der Waals surface area contributed by atoms with Gasteiger partial charge in [-0.25, -0.2) is 0 Å². The van der Waals surface area contributed by atoms with Gasteiger partial charge in [-0.1, -0.05) is 11.6 Å². The van der Waals surface area contributed by atoms with Crippen LogP contribution in [0.25, 0.3) is 0 Å². The van der Waals surface area contributed by atoms with E-state index in [2.05, 4.69) is 10.6 Å². The van der Waals surface area contributed by atoms with Crippen LogP contribution in [0.5, 0.6) is 0 Å². The normalized spacial score (nSPS) is 9.30. The van der Waals surface area contributed by atoms with Gasteiger partial charge in [0.05, 0.1) is 10.6 Å². The zero-order valence-corrected chi connectivity index (χ0v) is 11.8. The van der Waals surface area contributed by atoms with Crippen molar-refractivity contribution in [3.05, 3.63) is 40.6 Å². The topological polar surface area (TPSA) is 88.7 Å². The Morgan fingerprint density at radius 3 is 2.50 bits per heavy atom. The Morgan fingerprint density at radius 1 is 1.35 bits per heavy atom. The number of benzene rings is 1. The van der Waals surface area contributed by atoms with Crippen molar-refractivity contribution in [1.29, 1.82) is 10.5 Å². The summed E-state index contributed by atoms with van der Waals surface area (Å²) in [5.74, 6) is -0.248. The second-order valence-electron chi connectivity index (χ2n) is 4.25. The van der Waals surface area contributed by atoms with Gasteiger partial charge in [0.2, 0.25) is 0 Å². The minimum Gasteiger partial charge on any atom is -0.360 e. The quantitative estimate of drug-likeness (QED) is 0.834. The molecule has 1 amide bonds. The van der Waals surface area contributed by atoms with E-state index in [1.54, 1.807) is 30.3 Å². The van der Waals surface area contributed by atoms with Crippen LogP contribution in [0.15, 0.2) is 30.0 Å². The molecule has 5 nitrogen and oxygen atoms in total. The Balaban J connectivity index is 2.90. The Bertz CT molecular complexity index is 607. The van der Waals surface area contributed by atoms with Crippen LogP contribution >= 0.6 is 11.6 Å². The second-order valence-corrected chi connectivity index (χ2v) is 4.66. The fraction of sp³-hybridized carbons (Fsp3) is 0.214. The monoisotopic (exact) mass is 288 g/mol. The summed E-state index contributed by atoms with van der Waals surface area (Å²) in [6.45, 7) is 3.72. The summed E-state index contributed by atoms with van der Waals surface area (Å²) in [4.78, 5) is 11.8. The average Bonchev–Trinajstić information content (AvgIpc) is 2.39. The van der Waals surface area contributed by atoms with Crippen molar-refractivity contribution in [1.82, 2.24) is 5.32 Å². The summed E-state index contributed by atoms with van der Waals surface area (Å²) in [5, 5.41) is 23.0. The Morgan fingerprint density at radius 2 is 2.00 bits per heavy atom. The van der Waals surface area contributed by atoms with Gasteiger partial charge in [-0.15, -0.1) is 0 Å². The Labute approximate surface area is 122 Å². The maximum absolute atomic E-state index is 11.8. The molecule has 0 aliphatic rings. The van der Waals surface area contributed by atoms with Crippen molar-refractivity contribution in [2.24, 2.45) is 0 Å². The van der Waals surface area contributed by atoms with Crippen molar-refractivity contribution in [2.75, 3.05) is 5.32 Å². The first-order chi connectivity index (χ1) is 9.47. The van der Waals surface area contributed by atoms with Crippen molar-refractivity contribution >= 4 is 23.2 Å². The van der Waals surface area contributed by atoms with Crippen LogP contribution in [0.4, 0.5) is 5.69 Å². The number of halogens is 1. The molecule has 1 rings (SSSR count). The molecule has 0 aromatic heterocycles. The number of anilines is 1. The van der Waals surface area contributed by atoms with Gasteiger partial charge in [0.1, 0.15) is 17.7 Å². The molecule has 1 aromatic carbocycles. The van der Waals surface area contributed by atoms with Gasteiger partial charge in [-0.2, -0.15) is 10.5 Å². The van der Waals surface area contributed by atoms with E-state index < -0.39 is 0 Å². The first-order valence-corrected chi connectivity index (χ1v) is 6.23. The van der Waals surface area contributed by atoms with Crippen LogP contribution in [0.2, 0.25) is 5.02 Å². The van der Waals surface area contributed by atoms with Gasteiger partial charge < -0.3 is 10.6 Å². The molecule has 0 spiro atoms. The van der Waals surface area contributed by atoms with Crippen molar-refractivity contribution in [3.8, 4) is 12.1 Å². The summed E-state index contributed by atoms with van der Waals surface area (Å²) in [5.41, 5.74) is 0.900. The third-order valence-corrected chi connectivity index (χ3v) is 2.57. The molecule has 0 saturated carbocycles. The number of rotatable bonds is 4. The van der Waals surface area contributed by atoms with Crippen LogP contribution in [0, 0.1) is 22.7 Å². The molecule has 0 aliphatic carbocycles. The average molecular weight is 289 g/mol. The SMILES string of the molecule is CC(C)NC(=O)c1ccc(NC=C(C#N)C#N)cc1Cl. The largest absolute Gasteiger partial charge is 0.360 e. The summed E-state index contributed by atoms with van der Waals surface area (Å²) >= 11 is 6.04. The highest BCUT2D eigenvalue weighted by Gasteiger charge is 2.11. The van der Waals surface area contributed by atoms with Crippen molar-refractivity contribution in [3.63, 3.8) is 0 Å². The van der Waals surface area contributed by atoms with E-state index in [1.165, 1.54) is 6.20 Å². The van der Waals surface area contributed by atoms with Crippen molar-refractivity contribution < 1.29 is 4.79 Å². The first kappa shape index (κ1) is 15.6. The fourth-order valence-electron chi connectivity index (χ4n) is 1.37. The smallest absolute Gasteiger partial charge is 0.252 e. The highest BCUT2D eigenvalue weighted by atomic mass is 35.5. The molecule has 0 aliphatic heterocycles. The highest BCUT2D eigenvalue weighted by molar-refractivity contribution is 6.34. The van der Waals surface area contributed by atoms with E-state index >= 15 is 0 Å². The van der Waals surface area contributed by atoms with E-state index in [0.29, 0.717) is 11.3 Å². The summed E-state index contributed by atoms with van der Waals surface area (Å²) in [6.07, 6.45) is 1.28. The van der Waals surface area contributed by atoms with Gasteiger partial charge in [0, 0.05) is 17.9 Å². The number of nitriles is 2. The number of nitrogens with zero attached hydrogens (tertiary/aromatic N) is 2. The summed E-state index contributed by atoms with van der Waals surface area (Å²) < 4.78 is 0. The fourth-order valence-corrected chi connectivity index (χ4v) is 1.64. The third kappa shape index (κ3) is 4.31. The molecule has 0 radical (unpaired) electrons. The standard InChI is InChI=1S/C14H13ClN4O/c1-9(2)19-14(20)12-4-3-11(5-13(12)15)18-8-10(6-16)7-17/h3-5,8-9,18H,1-2H3,(H,19,20). The molecule has 1 aromatic rings. The lowest BCUT2D eigenvalue weighted by atomic mass is 10.2. The van der Waals surface area contributed by atoms with E-state index in [1.807, 2.05) is 13.8 Å². The van der Waals surface area contributed by atoms with E-state index in [9.17, 15) is 4.79 Å². The molecular formula is C14H13ClN4O. The number of allylic oxidation sites excluding steroid dienone is 1. The molecule has 0 unspecified atom stereocenters. The third-order valence-electron chi connectivity index (χ3n) is 2.26. The molecule has 0 fully saturated rings. The number of carbonyl (C=O) groups is 1. The number of carbonyl (C=O) groups excluding carboxylic acids is 1.